The Morgan fingerprint density at radius 1 is 1.33 bits per heavy atom. The van der Waals surface area contributed by atoms with Crippen LogP contribution in [0.15, 0.2) is 35.1 Å². The number of ketones is 1. The van der Waals surface area contributed by atoms with Crippen LogP contribution in [0.5, 0.6) is 0 Å². The zero-order valence-electron chi connectivity index (χ0n) is 9.65. The molecular formula is C13H10BrFN2O. The lowest BCUT2D eigenvalue weighted by atomic mass is 10.1. The summed E-state index contributed by atoms with van der Waals surface area (Å²) in [4.78, 5) is 20.0. The van der Waals surface area contributed by atoms with E-state index in [4.69, 9.17) is 0 Å². The third kappa shape index (κ3) is 2.98. The number of Topliss-reactive ketones (excluding diaryl/α,β-unsaturated/α-hetero) is 1. The minimum Gasteiger partial charge on any atom is -0.292 e. The van der Waals surface area contributed by atoms with Crippen molar-refractivity contribution in [3.05, 3.63) is 57.8 Å². The SMILES string of the molecule is Cc1cnc(C(=O)Cc2ccc(F)cc2Br)cn1. The zero-order chi connectivity index (χ0) is 13.1. The summed E-state index contributed by atoms with van der Waals surface area (Å²) in [6.07, 6.45) is 3.17. The van der Waals surface area contributed by atoms with E-state index in [1.165, 1.54) is 18.3 Å². The lowest BCUT2D eigenvalue weighted by Crippen LogP contribution is -2.07. The molecule has 0 unspecified atom stereocenters. The molecule has 0 saturated heterocycles. The summed E-state index contributed by atoms with van der Waals surface area (Å²) in [7, 11) is 0. The standard InChI is InChI=1S/C13H10BrFN2O/c1-8-6-17-12(7-16-8)13(18)4-9-2-3-10(15)5-11(9)14/h2-3,5-7H,4H2,1H3. The van der Waals surface area contributed by atoms with Crippen LogP contribution in [0.4, 0.5) is 4.39 Å². The highest BCUT2D eigenvalue weighted by Gasteiger charge is 2.11. The number of carbonyl (C=O) groups excluding carboxylic acids is 1. The van der Waals surface area contributed by atoms with Crippen LogP contribution in [-0.4, -0.2) is 15.8 Å². The topological polar surface area (TPSA) is 42.9 Å². The maximum Gasteiger partial charge on any atom is 0.187 e. The van der Waals surface area contributed by atoms with Crippen molar-refractivity contribution in [2.45, 2.75) is 13.3 Å². The van der Waals surface area contributed by atoms with Crippen LogP contribution < -0.4 is 0 Å². The van der Waals surface area contributed by atoms with Crippen LogP contribution >= 0.6 is 15.9 Å². The van der Waals surface area contributed by atoms with Crippen LogP contribution in [0.1, 0.15) is 21.7 Å². The van der Waals surface area contributed by atoms with E-state index in [9.17, 15) is 9.18 Å². The number of rotatable bonds is 3. The molecule has 1 heterocycles. The molecule has 0 spiro atoms. The molecule has 92 valence electrons. The van der Waals surface area contributed by atoms with Crippen LogP contribution in [0.3, 0.4) is 0 Å². The van der Waals surface area contributed by atoms with E-state index >= 15 is 0 Å². The summed E-state index contributed by atoms with van der Waals surface area (Å²) in [5.41, 5.74) is 1.80. The summed E-state index contributed by atoms with van der Waals surface area (Å²) in [5.74, 6) is -0.483. The van der Waals surface area contributed by atoms with Gasteiger partial charge in [0, 0.05) is 17.1 Å². The van der Waals surface area contributed by atoms with Gasteiger partial charge < -0.3 is 0 Å². The van der Waals surface area contributed by atoms with Gasteiger partial charge in [0.2, 0.25) is 0 Å². The second kappa shape index (κ2) is 5.35. The number of aromatic nitrogens is 2. The van der Waals surface area contributed by atoms with Gasteiger partial charge in [0.05, 0.1) is 11.9 Å². The number of aryl methyl sites for hydroxylation is 1. The predicted molar refractivity (Wildman–Crippen MR) is 68.9 cm³/mol. The van der Waals surface area contributed by atoms with E-state index in [1.807, 2.05) is 0 Å². The Labute approximate surface area is 112 Å². The number of carbonyl (C=O) groups is 1. The Morgan fingerprint density at radius 3 is 2.72 bits per heavy atom. The second-order valence-corrected chi connectivity index (χ2v) is 4.73. The van der Waals surface area contributed by atoms with E-state index in [0.29, 0.717) is 10.2 Å². The number of nitrogens with zero attached hydrogens (tertiary/aromatic N) is 2. The summed E-state index contributed by atoms with van der Waals surface area (Å²) in [6, 6.07) is 4.25. The fourth-order valence-corrected chi connectivity index (χ4v) is 1.96. The molecule has 0 bridgehead atoms. The summed E-state index contributed by atoms with van der Waals surface area (Å²) in [6.45, 7) is 1.80. The fraction of sp³-hybridized carbons (Fsp3) is 0.154. The maximum absolute atomic E-state index is 12.9. The van der Waals surface area contributed by atoms with E-state index in [0.717, 1.165) is 11.3 Å². The Hall–Kier alpha value is -1.62. The van der Waals surface area contributed by atoms with Gasteiger partial charge in [-0.05, 0) is 24.6 Å². The van der Waals surface area contributed by atoms with Crippen LogP contribution in [-0.2, 0) is 6.42 Å². The Bertz CT molecular complexity index is 584. The molecule has 2 rings (SSSR count). The van der Waals surface area contributed by atoms with Crippen molar-refractivity contribution in [2.24, 2.45) is 0 Å². The molecular weight excluding hydrogens is 299 g/mol. The molecule has 1 aromatic heterocycles. The minimum atomic E-state index is -0.340. The summed E-state index contributed by atoms with van der Waals surface area (Å²) < 4.78 is 13.5. The number of benzene rings is 1. The molecule has 0 aliphatic heterocycles. The lowest BCUT2D eigenvalue weighted by molar-refractivity contribution is 0.0987. The molecule has 3 nitrogen and oxygen atoms in total. The highest BCUT2D eigenvalue weighted by molar-refractivity contribution is 9.10. The van der Waals surface area contributed by atoms with Gasteiger partial charge in [-0.15, -0.1) is 0 Å². The number of halogens is 2. The minimum absolute atomic E-state index is 0.144. The molecule has 0 N–H and O–H groups in total. The first-order valence-electron chi connectivity index (χ1n) is 5.32. The normalized spacial score (nSPS) is 10.4. The van der Waals surface area contributed by atoms with Crippen molar-refractivity contribution >= 4 is 21.7 Å². The number of hydrogen-bond donors (Lipinski definition) is 0. The van der Waals surface area contributed by atoms with E-state index in [2.05, 4.69) is 25.9 Å². The van der Waals surface area contributed by atoms with Gasteiger partial charge in [-0.25, -0.2) is 9.37 Å². The van der Waals surface area contributed by atoms with Gasteiger partial charge in [0.1, 0.15) is 11.5 Å². The average molecular weight is 309 g/mol. The van der Waals surface area contributed by atoms with E-state index in [1.54, 1.807) is 19.2 Å². The molecule has 1 aromatic carbocycles. The molecule has 0 amide bonds. The van der Waals surface area contributed by atoms with Gasteiger partial charge in [0.15, 0.2) is 5.78 Å². The molecule has 0 saturated carbocycles. The van der Waals surface area contributed by atoms with Gasteiger partial charge in [-0.2, -0.15) is 0 Å². The molecule has 2 aromatic rings. The Kier molecular flexibility index (Phi) is 3.81. The third-order valence-corrected chi connectivity index (χ3v) is 3.17. The van der Waals surface area contributed by atoms with Crippen molar-refractivity contribution in [3.63, 3.8) is 0 Å². The summed E-state index contributed by atoms with van der Waals surface area (Å²) in [5, 5.41) is 0. The van der Waals surface area contributed by atoms with Crippen molar-refractivity contribution < 1.29 is 9.18 Å². The molecule has 0 aliphatic carbocycles. The predicted octanol–water partition coefficient (Wildman–Crippen LogP) is 3.11. The largest absolute Gasteiger partial charge is 0.292 e. The van der Waals surface area contributed by atoms with Crippen molar-refractivity contribution in [1.82, 2.24) is 9.97 Å². The molecule has 0 radical (unpaired) electrons. The van der Waals surface area contributed by atoms with Crippen LogP contribution in [0.2, 0.25) is 0 Å². The summed E-state index contributed by atoms with van der Waals surface area (Å²) >= 11 is 3.23. The van der Waals surface area contributed by atoms with E-state index < -0.39 is 0 Å². The molecule has 0 fully saturated rings. The fourth-order valence-electron chi connectivity index (χ4n) is 1.47. The Morgan fingerprint density at radius 2 is 2.11 bits per heavy atom. The molecule has 0 aliphatic rings. The van der Waals surface area contributed by atoms with Gasteiger partial charge in [-0.1, -0.05) is 22.0 Å². The first-order chi connectivity index (χ1) is 8.56. The van der Waals surface area contributed by atoms with E-state index in [-0.39, 0.29) is 18.0 Å². The maximum atomic E-state index is 12.9. The highest BCUT2D eigenvalue weighted by Crippen LogP contribution is 2.19. The first kappa shape index (κ1) is 12.8. The van der Waals surface area contributed by atoms with Crippen molar-refractivity contribution in [2.75, 3.05) is 0 Å². The van der Waals surface area contributed by atoms with Gasteiger partial charge >= 0.3 is 0 Å². The lowest BCUT2D eigenvalue weighted by Gasteiger charge is -2.03. The zero-order valence-corrected chi connectivity index (χ0v) is 11.2. The smallest absolute Gasteiger partial charge is 0.187 e. The van der Waals surface area contributed by atoms with Crippen LogP contribution in [0, 0.1) is 12.7 Å². The average Bonchev–Trinajstić information content (AvgIpc) is 2.33. The highest BCUT2D eigenvalue weighted by atomic mass is 79.9. The van der Waals surface area contributed by atoms with Gasteiger partial charge in [0.25, 0.3) is 0 Å². The molecule has 18 heavy (non-hydrogen) atoms. The number of hydrogen-bond acceptors (Lipinski definition) is 3. The molecule has 0 atom stereocenters. The monoisotopic (exact) mass is 308 g/mol. The Balaban J connectivity index is 2.18. The van der Waals surface area contributed by atoms with Crippen molar-refractivity contribution in [1.29, 1.82) is 0 Å². The first-order valence-corrected chi connectivity index (χ1v) is 6.11. The second-order valence-electron chi connectivity index (χ2n) is 3.88. The molecule has 5 heteroatoms. The quantitative estimate of drug-likeness (QED) is 0.818. The van der Waals surface area contributed by atoms with Gasteiger partial charge in [-0.3, -0.25) is 9.78 Å². The van der Waals surface area contributed by atoms with Crippen molar-refractivity contribution in [3.8, 4) is 0 Å². The van der Waals surface area contributed by atoms with Crippen LogP contribution in [0.25, 0.3) is 0 Å². The third-order valence-electron chi connectivity index (χ3n) is 2.43.